The Morgan fingerprint density at radius 2 is 2.30 bits per heavy atom. The molecule has 3 N–H and O–H groups in total. The lowest BCUT2D eigenvalue weighted by atomic mass is 10.2. The zero-order valence-corrected chi connectivity index (χ0v) is 12.6. The third-order valence-electron chi connectivity index (χ3n) is 2.52. The van der Waals surface area contributed by atoms with Gasteiger partial charge in [-0.05, 0) is 32.0 Å². The number of carbonyl (C=O) groups is 1. The molecule has 0 aliphatic carbocycles. The summed E-state index contributed by atoms with van der Waals surface area (Å²) in [7, 11) is 0. The number of halogens is 1. The lowest BCUT2D eigenvalue weighted by Gasteiger charge is -2.12. The molecular formula is C13H14ClN3O2S. The van der Waals surface area contributed by atoms with Crippen molar-refractivity contribution in [1.82, 2.24) is 4.98 Å². The fourth-order valence-corrected chi connectivity index (χ4v) is 2.42. The Bertz CT molecular complexity index is 630. The van der Waals surface area contributed by atoms with E-state index in [2.05, 4.69) is 10.3 Å². The van der Waals surface area contributed by atoms with Crippen LogP contribution in [-0.2, 0) is 4.79 Å². The zero-order chi connectivity index (χ0) is 14.7. The molecule has 0 aliphatic rings. The van der Waals surface area contributed by atoms with Crippen LogP contribution in [-0.4, -0.2) is 16.1 Å². The molecule has 0 bridgehead atoms. The maximum atomic E-state index is 12.1. The van der Waals surface area contributed by atoms with Gasteiger partial charge in [0.2, 0.25) is 5.91 Å². The molecule has 1 unspecified atom stereocenters. The molecular weight excluding hydrogens is 298 g/mol. The molecule has 0 spiro atoms. The van der Waals surface area contributed by atoms with Gasteiger partial charge in [-0.3, -0.25) is 4.79 Å². The molecule has 20 heavy (non-hydrogen) atoms. The van der Waals surface area contributed by atoms with Gasteiger partial charge in [0.05, 0.1) is 22.3 Å². The quantitative estimate of drug-likeness (QED) is 0.668. The van der Waals surface area contributed by atoms with Crippen LogP contribution in [0.4, 0.5) is 11.4 Å². The lowest BCUT2D eigenvalue weighted by molar-refractivity contribution is -0.115. The minimum absolute atomic E-state index is 0.181. The van der Waals surface area contributed by atoms with Crippen molar-refractivity contribution in [3.05, 3.63) is 35.2 Å². The first-order valence-corrected chi connectivity index (χ1v) is 7.16. The summed E-state index contributed by atoms with van der Waals surface area (Å²) in [5.41, 5.74) is 7.53. The minimum atomic E-state index is -0.358. The predicted octanol–water partition coefficient (Wildman–Crippen LogP) is 3.34. The van der Waals surface area contributed by atoms with Gasteiger partial charge >= 0.3 is 0 Å². The van der Waals surface area contributed by atoms with E-state index in [1.54, 1.807) is 31.4 Å². The first-order chi connectivity index (χ1) is 9.45. The third kappa shape index (κ3) is 3.68. The summed E-state index contributed by atoms with van der Waals surface area (Å²) >= 11 is 7.05. The summed E-state index contributed by atoms with van der Waals surface area (Å²) in [6.45, 7) is 3.60. The molecule has 7 heteroatoms. The molecule has 2 rings (SSSR count). The number of rotatable bonds is 4. The van der Waals surface area contributed by atoms with E-state index in [1.807, 2.05) is 6.92 Å². The highest BCUT2D eigenvalue weighted by molar-refractivity contribution is 8.00. The molecule has 0 radical (unpaired) electrons. The van der Waals surface area contributed by atoms with Crippen molar-refractivity contribution in [2.75, 3.05) is 11.1 Å². The van der Waals surface area contributed by atoms with E-state index in [-0.39, 0.29) is 11.2 Å². The topological polar surface area (TPSA) is 81.2 Å². The minimum Gasteiger partial charge on any atom is -0.440 e. The Labute approximate surface area is 125 Å². The van der Waals surface area contributed by atoms with E-state index in [4.69, 9.17) is 21.8 Å². The van der Waals surface area contributed by atoms with E-state index in [0.717, 1.165) is 5.69 Å². The Kier molecular flexibility index (Phi) is 4.57. The SMILES string of the molecule is Cc1coc(SC(C)C(=O)Nc2ccc(Cl)cc2N)n1. The number of aryl methyl sites for hydroxylation is 1. The summed E-state index contributed by atoms with van der Waals surface area (Å²) in [6, 6.07) is 4.93. The van der Waals surface area contributed by atoms with E-state index in [9.17, 15) is 4.79 Å². The van der Waals surface area contributed by atoms with Crippen LogP contribution in [0.1, 0.15) is 12.6 Å². The van der Waals surface area contributed by atoms with Gasteiger partial charge in [0.25, 0.3) is 5.22 Å². The maximum Gasteiger partial charge on any atom is 0.256 e. The standard InChI is InChI=1S/C13H14ClN3O2S/c1-7-6-19-13(16-7)20-8(2)12(18)17-11-4-3-9(14)5-10(11)15/h3-6,8H,15H2,1-2H3,(H,17,18). The van der Waals surface area contributed by atoms with Crippen LogP contribution in [0, 0.1) is 6.92 Å². The highest BCUT2D eigenvalue weighted by Gasteiger charge is 2.18. The highest BCUT2D eigenvalue weighted by atomic mass is 35.5. The van der Waals surface area contributed by atoms with Crippen LogP contribution < -0.4 is 11.1 Å². The van der Waals surface area contributed by atoms with Crippen LogP contribution in [0.15, 0.2) is 34.1 Å². The Hall–Kier alpha value is -1.66. The van der Waals surface area contributed by atoms with Gasteiger partial charge in [-0.2, -0.15) is 0 Å². The van der Waals surface area contributed by atoms with Crippen molar-refractivity contribution < 1.29 is 9.21 Å². The number of nitrogens with two attached hydrogens (primary N) is 1. The number of carbonyl (C=O) groups excluding carboxylic acids is 1. The fourth-order valence-electron chi connectivity index (χ4n) is 1.47. The van der Waals surface area contributed by atoms with E-state index >= 15 is 0 Å². The monoisotopic (exact) mass is 311 g/mol. The van der Waals surface area contributed by atoms with E-state index in [1.165, 1.54) is 11.8 Å². The second kappa shape index (κ2) is 6.19. The smallest absolute Gasteiger partial charge is 0.256 e. The molecule has 0 saturated heterocycles. The molecule has 1 heterocycles. The van der Waals surface area contributed by atoms with Gasteiger partial charge in [0.15, 0.2) is 0 Å². The molecule has 0 aliphatic heterocycles. The summed E-state index contributed by atoms with van der Waals surface area (Å²) in [5, 5.41) is 3.39. The number of hydrogen-bond donors (Lipinski definition) is 2. The van der Waals surface area contributed by atoms with Crippen molar-refractivity contribution in [2.24, 2.45) is 0 Å². The van der Waals surface area contributed by atoms with Crippen molar-refractivity contribution in [2.45, 2.75) is 24.3 Å². The molecule has 1 amide bonds. The van der Waals surface area contributed by atoms with E-state index < -0.39 is 0 Å². The van der Waals surface area contributed by atoms with Gasteiger partial charge in [-0.1, -0.05) is 23.4 Å². The van der Waals surface area contributed by atoms with Crippen LogP contribution in [0.3, 0.4) is 0 Å². The second-order valence-electron chi connectivity index (χ2n) is 4.24. The van der Waals surface area contributed by atoms with Gasteiger partial charge in [-0.25, -0.2) is 4.98 Å². The number of anilines is 2. The van der Waals surface area contributed by atoms with Gasteiger partial charge < -0.3 is 15.5 Å². The van der Waals surface area contributed by atoms with Crippen molar-refractivity contribution in [1.29, 1.82) is 0 Å². The average Bonchev–Trinajstić information content (AvgIpc) is 2.78. The van der Waals surface area contributed by atoms with Crippen molar-refractivity contribution >= 4 is 40.6 Å². The molecule has 1 aromatic carbocycles. The third-order valence-corrected chi connectivity index (χ3v) is 3.71. The number of thioether (sulfide) groups is 1. The van der Waals surface area contributed by atoms with Crippen LogP contribution in [0.2, 0.25) is 5.02 Å². The predicted molar refractivity (Wildman–Crippen MR) is 81.1 cm³/mol. The first-order valence-electron chi connectivity index (χ1n) is 5.90. The van der Waals surface area contributed by atoms with Gasteiger partial charge in [0.1, 0.15) is 6.26 Å². The Morgan fingerprint density at radius 1 is 1.55 bits per heavy atom. The lowest BCUT2D eigenvalue weighted by Crippen LogP contribution is -2.22. The number of oxazole rings is 1. The van der Waals surface area contributed by atoms with Gasteiger partial charge in [-0.15, -0.1) is 0 Å². The summed E-state index contributed by atoms with van der Waals surface area (Å²) < 4.78 is 5.20. The average molecular weight is 312 g/mol. The molecule has 2 aromatic rings. The first kappa shape index (κ1) is 14.7. The molecule has 1 aromatic heterocycles. The molecule has 0 saturated carbocycles. The van der Waals surface area contributed by atoms with E-state index in [0.29, 0.717) is 21.6 Å². The fraction of sp³-hybridized carbons (Fsp3) is 0.231. The summed E-state index contributed by atoms with van der Waals surface area (Å²) in [5.74, 6) is -0.181. The summed E-state index contributed by atoms with van der Waals surface area (Å²) in [6.07, 6.45) is 1.55. The van der Waals surface area contributed by atoms with Crippen molar-refractivity contribution in [3.63, 3.8) is 0 Å². The number of nitrogens with one attached hydrogen (secondary N) is 1. The number of nitrogens with zero attached hydrogens (tertiary/aromatic N) is 1. The zero-order valence-electron chi connectivity index (χ0n) is 11.0. The molecule has 0 fully saturated rings. The summed E-state index contributed by atoms with van der Waals surface area (Å²) in [4.78, 5) is 16.2. The molecule has 106 valence electrons. The van der Waals surface area contributed by atoms with Gasteiger partial charge in [0, 0.05) is 5.02 Å². The van der Waals surface area contributed by atoms with Crippen molar-refractivity contribution in [3.8, 4) is 0 Å². The second-order valence-corrected chi connectivity index (χ2v) is 5.96. The number of nitrogen functional groups attached to an aromatic ring is 1. The number of amides is 1. The largest absolute Gasteiger partial charge is 0.440 e. The molecule has 1 atom stereocenters. The Balaban J connectivity index is 2.00. The number of hydrogen-bond acceptors (Lipinski definition) is 5. The van der Waals surface area contributed by atoms with Crippen LogP contribution >= 0.6 is 23.4 Å². The Morgan fingerprint density at radius 3 is 2.90 bits per heavy atom. The van der Waals surface area contributed by atoms with Crippen LogP contribution in [0.25, 0.3) is 0 Å². The molecule has 5 nitrogen and oxygen atoms in total. The highest BCUT2D eigenvalue weighted by Crippen LogP contribution is 2.26. The maximum absolute atomic E-state index is 12.1. The van der Waals surface area contributed by atoms with Crippen LogP contribution in [0.5, 0.6) is 0 Å². The normalized spacial score (nSPS) is 12.2. The number of benzene rings is 1. The number of aromatic nitrogens is 1.